The summed E-state index contributed by atoms with van der Waals surface area (Å²) in [4.78, 5) is 0. The van der Waals surface area contributed by atoms with E-state index < -0.39 is 0 Å². The Morgan fingerprint density at radius 2 is 2.16 bits per heavy atom. The number of aromatic nitrogens is 2. The van der Waals surface area contributed by atoms with Gasteiger partial charge in [-0.3, -0.25) is 0 Å². The lowest BCUT2D eigenvalue weighted by molar-refractivity contribution is 0.550. The van der Waals surface area contributed by atoms with Crippen LogP contribution in [0, 0.1) is 5.92 Å². The van der Waals surface area contributed by atoms with Gasteiger partial charge >= 0.3 is 0 Å². The second-order valence-electron chi connectivity index (χ2n) is 4.65. The first-order valence-corrected chi connectivity index (χ1v) is 8.03. The average Bonchev–Trinajstić information content (AvgIpc) is 2.77. The minimum atomic E-state index is 0.633. The van der Waals surface area contributed by atoms with Gasteiger partial charge in [0.05, 0.1) is 5.02 Å². The van der Waals surface area contributed by atoms with Gasteiger partial charge in [0.15, 0.2) is 0 Å². The molecule has 0 saturated carbocycles. The third-order valence-corrected chi connectivity index (χ3v) is 4.22. The number of hydrogen-bond acceptors (Lipinski definition) is 4. The number of hydrogen-bond donors (Lipinski definition) is 1. The van der Waals surface area contributed by atoms with E-state index in [9.17, 15) is 0 Å². The molecular weight excluding hydrogens is 346 g/mol. The second-order valence-corrected chi connectivity index (χ2v) is 7.03. The summed E-state index contributed by atoms with van der Waals surface area (Å²) in [6, 6.07) is 5.78. The summed E-state index contributed by atoms with van der Waals surface area (Å²) in [5.41, 5.74) is 0.928. The molecule has 0 atom stereocenters. The molecule has 2 rings (SSSR count). The van der Waals surface area contributed by atoms with Crippen molar-refractivity contribution in [2.24, 2.45) is 5.92 Å². The summed E-state index contributed by atoms with van der Waals surface area (Å²) in [5.74, 6) is 0.633. The van der Waals surface area contributed by atoms with Gasteiger partial charge in [-0.05, 0) is 30.7 Å². The molecule has 2 aromatic rings. The standard InChI is InChI=1S/C13H15BrClN3S/c1-8(2)6-16-7-12-17-18-13(19-12)10-4-3-9(14)5-11(10)15/h3-5,8,16H,6-7H2,1-2H3. The molecule has 1 aromatic heterocycles. The molecule has 3 nitrogen and oxygen atoms in total. The van der Waals surface area contributed by atoms with Gasteiger partial charge in [0, 0.05) is 16.6 Å². The average molecular weight is 361 g/mol. The smallest absolute Gasteiger partial charge is 0.149 e. The maximum atomic E-state index is 6.21. The summed E-state index contributed by atoms with van der Waals surface area (Å²) in [5, 5.41) is 14.3. The van der Waals surface area contributed by atoms with Crippen LogP contribution < -0.4 is 5.32 Å². The van der Waals surface area contributed by atoms with E-state index in [4.69, 9.17) is 11.6 Å². The molecule has 6 heteroatoms. The molecule has 0 aliphatic heterocycles. The zero-order valence-electron chi connectivity index (χ0n) is 10.8. The summed E-state index contributed by atoms with van der Waals surface area (Å²) < 4.78 is 0.963. The first kappa shape index (κ1) is 14.9. The monoisotopic (exact) mass is 359 g/mol. The maximum absolute atomic E-state index is 6.21. The van der Waals surface area contributed by atoms with Gasteiger partial charge in [0.25, 0.3) is 0 Å². The minimum Gasteiger partial charge on any atom is -0.310 e. The highest BCUT2D eigenvalue weighted by molar-refractivity contribution is 9.10. The third-order valence-electron chi connectivity index (χ3n) is 2.46. The fourth-order valence-electron chi connectivity index (χ4n) is 1.56. The first-order valence-electron chi connectivity index (χ1n) is 6.05. The van der Waals surface area contributed by atoms with Gasteiger partial charge in [0.1, 0.15) is 10.0 Å². The predicted molar refractivity (Wildman–Crippen MR) is 84.6 cm³/mol. The topological polar surface area (TPSA) is 37.8 Å². The first-order chi connectivity index (χ1) is 9.06. The van der Waals surface area contributed by atoms with E-state index in [2.05, 4.69) is 45.3 Å². The van der Waals surface area contributed by atoms with E-state index in [-0.39, 0.29) is 0 Å². The van der Waals surface area contributed by atoms with Crippen LogP contribution in [0.4, 0.5) is 0 Å². The molecule has 0 spiro atoms. The largest absolute Gasteiger partial charge is 0.310 e. The molecule has 0 radical (unpaired) electrons. The van der Waals surface area contributed by atoms with Crippen molar-refractivity contribution in [2.45, 2.75) is 20.4 Å². The molecule has 1 aromatic carbocycles. The normalized spacial score (nSPS) is 11.2. The van der Waals surface area contributed by atoms with Gasteiger partial charge in [-0.15, -0.1) is 10.2 Å². The molecule has 0 aliphatic carbocycles. The van der Waals surface area contributed by atoms with Gasteiger partial charge in [-0.1, -0.05) is 52.7 Å². The van der Waals surface area contributed by atoms with Crippen molar-refractivity contribution in [3.8, 4) is 10.6 Å². The van der Waals surface area contributed by atoms with Crippen LogP contribution in [0.3, 0.4) is 0 Å². The van der Waals surface area contributed by atoms with Crippen molar-refractivity contribution in [3.63, 3.8) is 0 Å². The lowest BCUT2D eigenvalue weighted by Crippen LogP contribution is -2.18. The Bertz CT molecular complexity index is 557. The lowest BCUT2D eigenvalue weighted by atomic mass is 10.2. The van der Waals surface area contributed by atoms with Crippen molar-refractivity contribution in [1.29, 1.82) is 0 Å². The Morgan fingerprint density at radius 1 is 1.37 bits per heavy atom. The predicted octanol–water partition coefficient (Wildman–Crippen LogP) is 4.37. The third kappa shape index (κ3) is 4.24. The summed E-state index contributed by atoms with van der Waals surface area (Å²) in [6.45, 7) is 6.10. The van der Waals surface area contributed by atoms with E-state index in [1.807, 2.05) is 18.2 Å². The highest BCUT2D eigenvalue weighted by atomic mass is 79.9. The van der Waals surface area contributed by atoms with Crippen molar-refractivity contribution in [1.82, 2.24) is 15.5 Å². The Morgan fingerprint density at radius 3 is 2.84 bits per heavy atom. The molecular formula is C13H15BrClN3S. The molecule has 0 saturated heterocycles. The van der Waals surface area contributed by atoms with E-state index in [1.165, 1.54) is 0 Å². The van der Waals surface area contributed by atoms with E-state index in [1.54, 1.807) is 11.3 Å². The van der Waals surface area contributed by atoms with Gasteiger partial charge in [0.2, 0.25) is 0 Å². The molecule has 0 bridgehead atoms. The van der Waals surface area contributed by atoms with Gasteiger partial charge in [-0.2, -0.15) is 0 Å². The van der Waals surface area contributed by atoms with Crippen molar-refractivity contribution in [3.05, 3.63) is 32.7 Å². The molecule has 19 heavy (non-hydrogen) atoms. The quantitative estimate of drug-likeness (QED) is 0.860. The molecule has 0 unspecified atom stereocenters. The van der Waals surface area contributed by atoms with Crippen molar-refractivity contribution >= 4 is 38.9 Å². The minimum absolute atomic E-state index is 0.633. The molecule has 102 valence electrons. The van der Waals surface area contributed by atoms with Gasteiger partial charge in [-0.25, -0.2) is 0 Å². The number of benzene rings is 1. The second kappa shape index (κ2) is 6.79. The Balaban J connectivity index is 2.08. The van der Waals surface area contributed by atoms with E-state index >= 15 is 0 Å². The highest BCUT2D eigenvalue weighted by Crippen LogP contribution is 2.32. The lowest BCUT2D eigenvalue weighted by Gasteiger charge is -2.04. The zero-order chi connectivity index (χ0) is 13.8. The highest BCUT2D eigenvalue weighted by Gasteiger charge is 2.10. The van der Waals surface area contributed by atoms with Crippen LogP contribution in [0.15, 0.2) is 22.7 Å². The maximum Gasteiger partial charge on any atom is 0.149 e. The van der Waals surface area contributed by atoms with Crippen molar-refractivity contribution < 1.29 is 0 Å². The SMILES string of the molecule is CC(C)CNCc1nnc(-c2ccc(Br)cc2Cl)s1. The molecule has 1 heterocycles. The van der Waals surface area contributed by atoms with Crippen LogP contribution >= 0.6 is 38.9 Å². The van der Waals surface area contributed by atoms with Crippen molar-refractivity contribution in [2.75, 3.05) is 6.54 Å². The van der Waals surface area contributed by atoms with Crippen LogP contribution in [-0.4, -0.2) is 16.7 Å². The number of nitrogens with one attached hydrogen (secondary N) is 1. The van der Waals surface area contributed by atoms with Crippen LogP contribution in [0.1, 0.15) is 18.9 Å². The fourth-order valence-corrected chi connectivity index (χ4v) is 3.23. The summed E-state index contributed by atoms with van der Waals surface area (Å²) >= 11 is 11.2. The fraction of sp³-hybridized carbons (Fsp3) is 0.385. The van der Waals surface area contributed by atoms with E-state index in [0.29, 0.717) is 10.9 Å². The van der Waals surface area contributed by atoms with E-state index in [0.717, 1.165) is 33.1 Å². The van der Waals surface area contributed by atoms with Crippen LogP contribution in [0.25, 0.3) is 10.6 Å². The Kier molecular flexibility index (Phi) is 5.33. The number of halogens is 2. The molecule has 1 N–H and O–H groups in total. The number of nitrogens with zero attached hydrogens (tertiary/aromatic N) is 2. The number of rotatable bonds is 5. The van der Waals surface area contributed by atoms with Crippen LogP contribution in [0.5, 0.6) is 0 Å². The summed E-state index contributed by atoms with van der Waals surface area (Å²) in [7, 11) is 0. The molecule has 0 aliphatic rings. The summed E-state index contributed by atoms with van der Waals surface area (Å²) in [6.07, 6.45) is 0. The Labute approximate surface area is 130 Å². The molecule has 0 fully saturated rings. The Hall–Kier alpha value is -0.490. The van der Waals surface area contributed by atoms with Crippen LogP contribution in [-0.2, 0) is 6.54 Å². The molecule has 0 amide bonds. The zero-order valence-corrected chi connectivity index (χ0v) is 13.9. The van der Waals surface area contributed by atoms with Crippen LogP contribution in [0.2, 0.25) is 5.02 Å². The van der Waals surface area contributed by atoms with Gasteiger partial charge < -0.3 is 5.32 Å².